The number of halogens is 3. The normalized spacial score (nSPS) is 21.5. The summed E-state index contributed by atoms with van der Waals surface area (Å²) in [7, 11) is 4.07. The van der Waals surface area contributed by atoms with Gasteiger partial charge in [0.25, 0.3) is 5.91 Å². The van der Waals surface area contributed by atoms with Crippen LogP contribution in [0.15, 0.2) is 16.7 Å². The molecule has 2 amide bonds. The highest BCUT2D eigenvalue weighted by atomic mass is 19.4. The number of furan rings is 1. The van der Waals surface area contributed by atoms with Gasteiger partial charge in [0, 0.05) is 38.1 Å². The molecule has 3 rings (SSSR count). The second-order valence-electron chi connectivity index (χ2n) is 8.41. The molecule has 3 heterocycles. The smallest absolute Gasteiger partial charge is 0.475 e. The molecule has 2 saturated heterocycles. The molecule has 2 aliphatic heterocycles. The van der Waals surface area contributed by atoms with E-state index in [0.29, 0.717) is 24.3 Å². The number of alkyl halides is 3. The van der Waals surface area contributed by atoms with Crippen LogP contribution >= 0.6 is 0 Å². The summed E-state index contributed by atoms with van der Waals surface area (Å²) in [5, 5.41) is 7.12. The van der Waals surface area contributed by atoms with E-state index in [1.165, 1.54) is 0 Å². The lowest BCUT2D eigenvalue weighted by molar-refractivity contribution is -0.192. The lowest BCUT2D eigenvalue weighted by atomic mass is 9.87. The number of carboxylic acids is 1. The van der Waals surface area contributed by atoms with Gasteiger partial charge in [0.05, 0.1) is 11.8 Å². The zero-order valence-electron chi connectivity index (χ0n) is 18.6. The predicted molar refractivity (Wildman–Crippen MR) is 109 cm³/mol. The fraction of sp³-hybridized carbons (Fsp3) is 0.667. The van der Waals surface area contributed by atoms with Crippen LogP contribution in [-0.2, 0) is 9.59 Å². The molecule has 1 aromatic heterocycles. The Labute approximate surface area is 184 Å². The van der Waals surface area contributed by atoms with Crippen LogP contribution < -0.4 is 0 Å². The van der Waals surface area contributed by atoms with Crippen LogP contribution in [0, 0.1) is 6.92 Å². The molecular formula is C21H30F3N3O5. The third-order valence-corrected chi connectivity index (χ3v) is 5.98. The molecule has 1 unspecified atom stereocenters. The summed E-state index contributed by atoms with van der Waals surface area (Å²) in [6.45, 7) is 4.94. The summed E-state index contributed by atoms with van der Waals surface area (Å²) < 4.78 is 37.0. The highest BCUT2D eigenvalue weighted by Gasteiger charge is 2.45. The van der Waals surface area contributed by atoms with Gasteiger partial charge in [-0.2, -0.15) is 13.2 Å². The number of amides is 2. The number of aryl methyl sites for hydroxylation is 1. The summed E-state index contributed by atoms with van der Waals surface area (Å²) in [5.41, 5.74) is 0.594. The summed E-state index contributed by atoms with van der Waals surface area (Å²) >= 11 is 0. The Morgan fingerprint density at radius 3 is 2.41 bits per heavy atom. The van der Waals surface area contributed by atoms with Gasteiger partial charge in [-0.05, 0) is 52.8 Å². The van der Waals surface area contributed by atoms with E-state index in [0.717, 1.165) is 45.3 Å². The van der Waals surface area contributed by atoms with Crippen LogP contribution in [0.25, 0.3) is 0 Å². The van der Waals surface area contributed by atoms with Gasteiger partial charge in [0.2, 0.25) is 5.91 Å². The topological polar surface area (TPSA) is 94.3 Å². The molecule has 32 heavy (non-hydrogen) atoms. The molecular weight excluding hydrogens is 431 g/mol. The van der Waals surface area contributed by atoms with Crippen molar-refractivity contribution in [1.82, 2.24) is 14.7 Å². The number of likely N-dealkylation sites (N-methyl/N-ethyl adjacent to an activating group) is 1. The zero-order chi connectivity index (χ0) is 24.1. The average Bonchev–Trinajstić information content (AvgIpc) is 3.17. The Bertz CT molecular complexity index is 824. The van der Waals surface area contributed by atoms with Crippen LogP contribution in [0.3, 0.4) is 0 Å². The molecule has 2 aliphatic rings. The van der Waals surface area contributed by atoms with Gasteiger partial charge < -0.3 is 24.2 Å². The Kier molecular flexibility index (Phi) is 8.33. The molecule has 0 radical (unpaired) electrons. The van der Waals surface area contributed by atoms with Crippen molar-refractivity contribution in [2.75, 3.05) is 40.3 Å². The van der Waals surface area contributed by atoms with Crippen LogP contribution in [0.5, 0.6) is 0 Å². The van der Waals surface area contributed by atoms with Crippen molar-refractivity contribution >= 4 is 17.8 Å². The lowest BCUT2D eigenvalue weighted by Crippen LogP contribution is -2.49. The number of hydrogen-bond acceptors (Lipinski definition) is 5. The van der Waals surface area contributed by atoms with E-state index in [-0.39, 0.29) is 17.4 Å². The standard InChI is InChI=1S/C19H29N3O3.C2HF3O2/c1-15-16(6-14-25-15)18(24)21-10-4-7-19(9-11-21)8-5-17(23)22(19)13-12-20(2)3;3-2(4,5)1(6)7/h6,14H,4-5,7-13H2,1-3H3;(H,6,7). The molecule has 0 saturated carbocycles. The first kappa shape index (κ1) is 25.7. The van der Waals surface area contributed by atoms with Crippen LogP contribution in [0.2, 0.25) is 0 Å². The molecule has 1 aromatic rings. The van der Waals surface area contributed by atoms with Gasteiger partial charge in [-0.1, -0.05) is 0 Å². The van der Waals surface area contributed by atoms with Crippen molar-refractivity contribution < 1.29 is 37.1 Å². The van der Waals surface area contributed by atoms with Gasteiger partial charge in [-0.25, -0.2) is 4.79 Å². The van der Waals surface area contributed by atoms with E-state index >= 15 is 0 Å². The van der Waals surface area contributed by atoms with Crippen LogP contribution in [0.1, 0.15) is 48.2 Å². The van der Waals surface area contributed by atoms with E-state index in [1.54, 1.807) is 12.3 Å². The van der Waals surface area contributed by atoms with Crippen molar-refractivity contribution in [1.29, 1.82) is 0 Å². The highest BCUT2D eigenvalue weighted by Crippen LogP contribution is 2.39. The molecule has 2 fully saturated rings. The van der Waals surface area contributed by atoms with E-state index in [2.05, 4.69) is 9.80 Å². The summed E-state index contributed by atoms with van der Waals surface area (Å²) in [5.74, 6) is -1.76. The first-order valence-corrected chi connectivity index (χ1v) is 10.5. The van der Waals surface area contributed by atoms with Crippen molar-refractivity contribution in [2.24, 2.45) is 0 Å². The highest BCUT2D eigenvalue weighted by molar-refractivity contribution is 5.95. The number of rotatable bonds is 4. The van der Waals surface area contributed by atoms with Gasteiger partial charge in [-0.3, -0.25) is 9.59 Å². The maximum atomic E-state index is 12.8. The minimum absolute atomic E-state index is 0.0486. The first-order valence-electron chi connectivity index (χ1n) is 10.5. The SMILES string of the molecule is Cc1occc1C(=O)N1CCCC2(CCC(=O)N2CCN(C)C)CC1.O=C(O)C(F)(F)F. The van der Waals surface area contributed by atoms with Crippen LogP contribution in [0.4, 0.5) is 13.2 Å². The molecule has 1 spiro atoms. The minimum Gasteiger partial charge on any atom is -0.475 e. The number of carboxylic acid groups (broad SMARTS) is 1. The van der Waals surface area contributed by atoms with E-state index in [4.69, 9.17) is 14.3 Å². The van der Waals surface area contributed by atoms with Crippen molar-refractivity contribution in [2.45, 2.75) is 50.7 Å². The lowest BCUT2D eigenvalue weighted by Gasteiger charge is -2.38. The first-order chi connectivity index (χ1) is 14.9. The Balaban J connectivity index is 0.000000451. The number of nitrogens with zero attached hydrogens (tertiary/aromatic N) is 3. The number of carbonyl (C=O) groups excluding carboxylic acids is 2. The summed E-state index contributed by atoms with van der Waals surface area (Å²) in [6.07, 6.45) is 0.845. The third-order valence-electron chi connectivity index (χ3n) is 5.98. The molecule has 0 aliphatic carbocycles. The third kappa shape index (κ3) is 6.24. The second-order valence-corrected chi connectivity index (χ2v) is 8.41. The average molecular weight is 461 g/mol. The minimum atomic E-state index is -5.08. The monoisotopic (exact) mass is 461 g/mol. The molecule has 1 atom stereocenters. The predicted octanol–water partition coefficient (Wildman–Crippen LogP) is 2.77. The zero-order valence-corrected chi connectivity index (χ0v) is 18.6. The van der Waals surface area contributed by atoms with E-state index in [9.17, 15) is 22.8 Å². The fourth-order valence-electron chi connectivity index (χ4n) is 4.21. The molecule has 1 N–H and O–H groups in total. The molecule has 8 nitrogen and oxygen atoms in total. The fourth-order valence-corrected chi connectivity index (χ4v) is 4.21. The maximum absolute atomic E-state index is 12.8. The van der Waals surface area contributed by atoms with Crippen molar-refractivity contribution in [3.63, 3.8) is 0 Å². The quantitative estimate of drug-likeness (QED) is 0.741. The van der Waals surface area contributed by atoms with Gasteiger partial charge in [0.1, 0.15) is 5.76 Å². The van der Waals surface area contributed by atoms with E-state index in [1.807, 2.05) is 25.9 Å². The molecule has 11 heteroatoms. The Morgan fingerprint density at radius 2 is 1.88 bits per heavy atom. The molecule has 180 valence electrons. The molecule has 0 bridgehead atoms. The Hall–Kier alpha value is -2.56. The summed E-state index contributed by atoms with van der Waals surface area (Å²) in [6, 6.07) is 1.75. The number of hydrogen-bond donors (Lipinski definition) is 1. The van der Waals surface area contributed by atoms with Crippen molar-refractivity contribution in [3.05, 3.63) is 23.7 Å². The van der Waals surface area contributed by atoms with Gasteiger partial charge >= 0.3 is 12.1 Å². The van der Waals surface area contributed by atoms with Crippen molar-refractivity contribution in [3.8, 4) is 0 Å². The number of likely N-dealkylation sites (tertiary alicyclic amines) is 2. The number of aliphatic carboxylic acids is 1. The number of carbonyl (C=O) groups is 3. The van der Waals surface area contributed by atoms with Gasteiger partial charge in [-0.15, -0.1) is 0 Å². The Morgan fingerprint density at radius 1 is 1.22 bits per heavy atom. The van der Waals surface area contributed by atoms with Gasteiger partial charge in [0.15, 0.2) is 0 Å². The van der Waals surface area contributed by atoms with E-state index < -0.39 is 12.1 Å². The van der Waals surface area contributed by atoms with Crippen LogP contribution in [-0.4, -0.2) is 89.6 Å². The summed E-state index contributed by atoms with van der Waals surface area (Å²) in [4.78, 5) is 40.3. The molecule has 0 aromatic carbocycles. The largest absolute Gasteiger partial charge is 0.490 e. The second kappa shape index (κ2) is 10.4. The maximum Gasteiger partial charge on any atom is 0.490 e.